The second-order valence-corrected chi connectivity index (χ2v) is 5.58. The average molecular weight is 327 g/mol. The summed E-state index contributed by atoms with van der Waals surface area (Å²) in [4.78, 5) is 26.5. The number of amides is 1. The summed E-state index contributed by atoms with van der Waals surface area (Å²) in [5.74, 6) is 1.21. The lowest BCUT2D eigenvalue weighted by atomic mass is 10.1. The highest BCUT2D eigenvalue weighted by molar-refractivity contribution is 5.92. The van der Waals surface area contributed by atoms with E-state index in [2.05, 4.69) is 25.2 Å². The van der Waals surface area contributed by atoms with Gasteiger partial charge in [-0.3, -0.25) is 9.78 Å². The Balaban J connectivity index is 1.46. The van der Waals surface area contributed by atoms with Crippen LogP contribution in [0.25, 0.3) is 0 Å². The van der Waals surface area contributed by atoms with Crippen molar-refractivity contribution >= 4 is 11.7 Å². The Labute approximate surface area is 141 Å². The fourth-order valence-corrected chi connectivity index (χ4v) is 2.61. The summed E-state index contributed by atoms with van der Waals surface area (Å²) in [7, 11) is 0. The van der Waals surface area contributed by atoms with Crippen molar-refractivity contribution in [1.82, 2.24) is 20.3 Å². The molecule has 1 fully saturated rings. The summed E-state index contributed by atoms with van der Waals surface area (Å²) >= 11 is 0. The summed E-state index contributed by atoms with van der Waals surface area (Å²) < 4.78 is 5.61. The van der Waals surface area contributed by atoms with Crippen molar-refractivity contribution < 1.29 is 9.53 Å². The van der Waals surface area contributed by atoms with Gasteiger partial charge in [0, 0.05) is 25.4 Å². The molecule has 0 unspecified atom stereocenters. The second-order valence-electron chi connectivity index (χ2n) is 5.58. The van der Waals surface area contributed by atoms with E-state index in [1.54, 1.807) is 24.4 Å². The molecule has 3 heterocycles. The van der Waals surface area contributed by atoms with Crippen LogP contribution in [0.4, 0.5) is 5.82 Å². The number of hydrogen-bond acceptors (Lipinski definition) is 6. The third kappa shape index (κ3) is 4.41. The monoisotopic (exact) mass is 327 g/mol. The van der Waals surface area contributed by atoms with E-state index in [4.69, 9.17) is 4.74 Å². The van der Waals surface area contributed by atoms with E-state index in [1.165, 1.54) is 25.6 Å². The molecule has 2 aromatic rings. The fraction of sp³-hybridized carbons (Fsp3) is 0.412. The zero-order valence-corrected chi connectivity index (χ0v) is 13.5. The van der Waals surface area contributed by atoms with Gasteiger partial charge in [0.1, 0.15) is 24.4 Å². The number of pyridine rings is 1. The van der Waals surface area contributed by atoms with Crippen LogP contribution in [0.1, 0.15) is 29.8 Å². The summed E-state index contributed by atoms with van der Waals surface area (Å²) in [6.07, 6.45) is 6.78. The number of nitrogens with one attached hydrogen (secondary N) is 1. The van der Waals surface area contributed by atoms with Gasteiger partial charge >= 0.3 is 0 Å². The van der Waals surface area contributed by atoms with Crippen molar-refractivity contribution in [2.24, 2.45) is 0 Å². The van der Waals surface area contributed by atoms with E-state index >= 15 is 0 Å². The zero-order chi connectivity index (χ0) is 16.6. The second kappa shape index (κ2) is 8.24. The lowest BCUT2D eigenvalue weighted by Gasteiger charge is -2.27. The predicted octanol–water partition coefficient (Wildman–Crippen LogP) is 1.67. The molecule has 1 saturated heterocycles. The number of rotatable bonds is 6. The minimum Gasteiger partial charge on any atom is -0.476 e. The van der Waals surface area contributed by atoms with Crippen molar-refractivity contribution in [3.63, 3.8) is 0 Å². The molecular weight excluding hydrogens is 306 g/mol. The average Bonchev–Trinajstić information content (AvgIpc) is 2.67. The molecule has 0 aromatic carbocycles. The van der Waals surface area contributed by atoms with Gasteiger partial charge in [0.2, 0.25) is 5.88 Å². The molecule has 0 atom stereocenters. The van der Waals surface area contributed by atoms with Crippen molar-refractivity contribution in [2.75, 3.05) is 31.1 Å². The van der Waals surface area contributed by atoms with Crippen LogP contribution in [0.3, 0.4) is 0 Å². The van der Waals surface area contributed by atoms with Gasteiger partial charge in [-0.2, -0.15) is 0 Å². The van der Waals surface area contributed by atoms with Crippen LogP contribution in [0.15, 0.2) is 36.8 Å². The van der Waals surface area contributed by atoms with Crippen LogP contribution >= 0.6 is 0 Å². The number of anilines is 1. The predicted molar refractivity (Wildman–Crippen MR) is 90.2 cm³/mol. The van der Waals surface area contributed by atoms with Crippen molar-refractivity contribution in [3.8, 4) is 5.88 Å². The van der Waals surface area contributed by atoms with Gasteiger partial charge in [0.05, 0.1) is 6.54 Å². The Morgan fingerprint density at radius 2 is 2.04 bits per heavy atom. The molecule has 7 heteroatoms. The third-order valence-corrected chi connectivity index (χ3v) is 3.84. The number of carbonyl (C=O) groups excluding carboxylic acids is 1. The molecule has 1 amide bonds. The minimum atomic E-state index is -0.212. The first-order chi connectivity index (χ1) is 11.8. The molecule has 24 heavy (non-hydrogen) atoms. The highest BCUT2D eigenvalue weighted by atomic mass is 16.5. The lowest BCUT2D eigenvalue weighted by molar-refractivity contribution is 0.0941. The number of nitrogens with zero attached hydrogens (tertiary/aromatic N) is 4. The van der Waals surface area contributed by atoms with Gasteiger partial charge in [-0.25, -0.2) is 9.97 Å². The summed E-state index contributed by atoms with van der Waals surface area (Å²) in [6.45, 7) is 2.78. The zero-order valence-electron chi connectivity index (χ0n) is 13.5. The number of carbonyl (C=O) groups is 1. The summed E-state index contributed by atoms with van der Waals surface area (Å²) in [6, 6.07) is 7.08. The Hall–Kier alpha value is -2.70. The smallest absolute Gasteiger partial charge is 0.269 e. The van der Waals surface area contributed by atoms with E-state index in [-0.39, 0.29) is 5.91 Å². The molecule has 2 aromatic heterocycles. The van der Waals surface area contributed by atoms with Gasteiger partial charge in [-0.15, -0.1) is 0 Å². The molecule has 1 aliphatic rings. The van der Waals surface area contributed by atoms with Crippen LogP contribution < -0.4 is 15.0 Å². The van der Waals surface area contributed by atoms with Gasteiger partial charge in [0.15, 0.2) is 0 Å². The maximum atomic E-state index is 11.9. The molecule has 0 spiro atoms. The first kappa shape index (κ1) is 16.2. The van der Waals surface area contributed by atoms with Crippen molar-refractivity contribution in [2.45, 2.75) is 19.3 Å². The Bertz CT molecular complexity index is 659. The molecule has 1 aliphatic heterocycles. The van der Waals surface area contributed by atoms with Crippen LogP contribution in [0.5, 0.6) is 5.88 Å². The number of piperidine rings is 1. The Kier molecular flexibility index (Phi) is 5.55. The molecule has 0 aliphatic carbocycles. The number of aromatic nitrogens is 3. The first-order valence-electron chi connectivity index (χ1n) is 8.22. The van der Waals surface area contributed by atoms with Crippen LogP contribution in [-0.2, 0) is 0 Å². The third-order valence-electron chi connectivity index (χ3n) is 3.84. The first-order valence-corrected chi connectivity index (χ1v) is 8.22. The standard InChI is InChI=1S/C17H21N5O2/c23-17(14-6-2-3-7-18-14)19-8-11-24-16-12-15(20-13-21-16)22-9-4-1-5-10-22/h2-3,6-7,12-13H,1,4-5,8-11H2,(H,19,23). The normalized spacial score (nSPS) is 14.2. The summed E-state index contributed by atoms with van der Waals surface area (Å²) in [5, 5.41) is 2.77. The van der Waals surface area contributed by atoms with Gasteiger partial charge in [-0.1, -0.05) is 6.07 Å². The van der Waals surface area contributed by atoms with Gasteiger partial charge < -0.3 is 15.0 Å². The quantitative estimate of drug-likeness (QED) is 0.813. The van der Waals surface area contributed by atoms with E-state index in [0.29, 0.717) is 24.7 Å². The molecule has 126 valence electrons. The van der Waals surface area contributed by atoms with E-state index in [9.17, 15) is 4.79 Å². The van der Waals surface area contributed by atoms with E-state index in [0.717, 1.165) is 18.9 Å². The Morgan fingerprint density at radius 3 is 2.83 bits per heavy atom. The lowest BCUT2D eigenvalue weighted by Crippen LogP contribution is -2.30. The number of ether oxygens (including phenoxy) is 1. The van der Waals surface area contributed by atoms with E-state index in [1.807, 2.05) is 6.07 Å². The largest absolute Gasteiger partial charge is 0.476 e. The van der Waals surface area contributed by atoms with Crippen LogP contribution in [0.2, 0.25) is 0 Å². The van der Waals surface area contributed by atoms with Crippen molar-refractivity contribution in [3.05, 3.63) is 42.5 Å². The molecule has 0 radical (unpaired) electrons. The topological polar surface area (TPSA) is 80.2 Å². The molecule has 0 saturated carbocycles. The molecule has 0 bridgehead atoms. The molecular formula is C17H21N5O2. The SMILES string of the molecule is O=C(NCCOc1cc(N2CCCCC2)ncn1)c1ccccn1. The number of hydrogen-bond donors (Lipinski definition) is 1. The fourth-order valence-electron chi connectivity index (χ4n) is 2.61. The molecule has 3 rings (SSSR count). The Morgan fingerprint density at radius 1 is 1.17 bits per heavy atom. The minimum absolute atomic E-state index is 0.212. The maximum Gasteiger partial charge on any atom is 0.269 e. The molecule has 7 nitrogen and oxygen atoms in total. The van der Waals surface area contributed by atoms with Crippen molar-refractivity contribution in [1.29, 1.82) is 0 Å². The highest BCUT2D eigenvalue weighted by Gasteiger charge is 2.13. The van der Waals surface area contributed by atoms with E-state index < -0.39 is 0 Å². The van der Waals surface area contributed by atoms with Crippen LogP contribution in [-0.4, -0.2) is 47.1 Å². The highest BCUT2D eigenvalue weighted by Crippen LogP contribution is 2.19. The van der Waals surface area contributed by atoms with Gasteiger partial charge in [-0.05, 0) is 31.4 Å². The maximum absolute atomic E-state index is 11.9. The summed E-state index contributed by atoms with van der Waals surface area (Å²) in [5.41, 5.74) is 0.395. The van der Waals surface area contributed by atoms with Crippen LogP contribution in [0, 0.1) is 0 Å². The molecule has 1 N–H and O–H groups in total. The van der Waals surface area contributed by atoms with Gasteiger partial charge in [0.25, 0.3) is 5.91 Å².